The summed E-state index contributed by atoms with van der Waals surface area (Å²) in [5, 5.41) is 8.48. The minimum absolute atomic E-state index is 0. The van der Waals surface area contributed by atoms with Gasteiger partial charge in [-0.2, -0.15) is 5.10 Å². The molecule has 152 valence electrons. The summed E-state index contributed by atoms with van der Waals surface area (Å²) in [6, 6.07) is 9.64. The largest absolute Gasteiger partial charge is 1.00 e. The number of para-hydroxylation sites is 1. The van der Waals surface area contributed by atoms with E-state index in [0.717, 1.165) is 16.5 Å². The predicted molar refractivity (Wildman–Crippen MR) is 113 cm³/mol. The highest BCUT2D eigenvalue weighted by Crippen LogP contribution is 2.28. The molecule has 1 aromatic heterocycles. The Bertz CT molecular complexity index is 981. The number of nitrogens with one attached hydrogen (secondary N) is 2. The maximum Gasteiger partial charge on any atom is 0.298 e. The molecule has 1 amide bonds. The van der Waals surface area contributed by atoms with Crippen LogP contribution in [-0.2, 0) is 4.79 Å². The van der Waals surface area contributed by atoms with E-state index in [4.69, 9.17) is 0 Å². The van der Waals surface area contributed by atoms with Crippen LogP contribution in [0.4, 0.5) is 0 Å². The molecule has 8 heteroatoms. The van der Waals surface area contributed by atoms with E-state index in [1.807, 2.05) is 48.7 Å². The van der Waals surface area contributed by atoms with Crippen molar-refractivity contribution in [3.05, 3.63) is 78.2 Å². The fraction of sp³-hybridized carbons (Fsp3) is 0.190. The number of fused-ring (bicyclic) bond motifs is 2. The molecule has 1 aliphatic carbocycles. The molecule has 2 heterocycles. The van der Waals surface area contributed by atoms with E-state index < -0.39 is 6.04 Å². The van der Waals surface area contributed by atoms with Crippen LogP contribution in [0.1, 0.15) is 12.0 Å². The number of hydrazone groups is 1. The van der Waals surface area contributed by atoms with Gasteiger partial charge in [0.15, 0.2) is 6.04 Å². The van der Waals surface area contributed by atoms with E-state index in [-0.39, 0.29) is 36.8 Å². The quantitative estimate of drug-likeness (QED) is 0.406. The van der Waals surface area contributed by atoms with Crippen LogP contribution in [0.2, 0.25) is 0 Å². The lowest BCUT2D eigenvalue weighted by atomic mass is 9.88. The third kappa shape index (κ3) is 5.03. The normalized spacial score (nSPS) is 20.2. The second kappa shape index (κ2) is 10.2. The van der Waals surface area contributed by atoms with E-state index in [2.05, 4.69) is 38.7 Å². The van der Waals surface area contributed by atoms with Crippen molar-refractivity contribution in [1.82, 2.24) is 15.7 Å². The number of quaternary nitrogens is 1. The summed E-state index contributed by atoms with van der Waals surface area (Å²) in [6.07, 6.45) is 14.4. The first kappa shape index (κ1) is 22.6. The molecule has 29 heavy (non-hydrogen) atoms. The van der Waals surface area contributed by atoms with Crippen LogP contribution in [-0.4, -0.2) is 29.2 Å². The lowest BCUT2D eigenvalue weighted by Crippen LogP contribution is -3.00. The number of aromatic nitrogens is 1. The average molecular weight is 432 g/mol. The Hall–Kier alpha value is -2.67. The fourth-order valence-electron chi connectivity index (χ4n) is 3.48. The summed E-state index contributed by atoms with van der Waals surface area (Å²) in [4.78, 5) is 16.7. The number of pyridine rings is 1. The van der Waals surface area contributed by atoms with Crippen molar-refractivity contribution in [2.24, 2.45) is 11.0 Å². The summed E-state index contributed by atoms with van der Waals surface area (Å²) in [5.41, 5.74) is 9.52. The molecule has 0 fully saturated rings. The average Bonchev–Trinajstić information content (AvgIpc) is 3.11. The second-order valence-corrected chi connectivity index (χ2v) is 6.76. The standard InChI is InChI=1S/C21H21N5O.2ClH/c22-18(11-16-12-24-19-9-2-1-8-17(16)19)21(27)26-25-13-15-6-3-5-14-7-4-10-23-20(14)15;;/h1-10,12-13,17-19,24H,11,22H2,(H,26,27);2*1H/b25-13+;;/t17?,18-,19?;;/m1../s1. The van der Waals surface area contributed by atoms with Gasteiger partial charge in [0.2, 0.25) is 0 Å². The smallest absolute Gasteiger partial charge is 0.298 e. The van der Waals surface area contributed by atoms with E-state index in [1.165, 1.54) is 5.57 Å². The Morgan fingerprint density at radius 1 is 1.28 bits per heavy atom. The minimum Gasteiger partial charge on any atom is -1.00 e. The number of halogens is 2. The molecule has 0 saturated heterocycles. The number of rotatable bonds is 5. The number of hydrogen-bond acceptors (Lipinski definition) is 4. The Morgan fingerprint density at radius 3 is 2.93 bits per heavy atom. The number of carbonyl (C=O) groups is 1. The SMILES string of the molecule is Cl.[Cl-].[NH3+][C@H](CC1=CNC2C=CC=CC12)C(=O)N/N=C/c1cccc2cccnc12. The minimum atomic E-state index is -0.404. The molecule has 2 aliphatic rings. The molecule has 6 nitrogen and oxygen atoms in total. The summed E-state index contributed by atoms with van der Waals surface area (Å²) in [7, 11) is 0. The number of amides is 1. The van der Waals surface area contributed by atoms with E-state index in [0.29, 0.717) is 12.3 Å². The van der Waals surface area contributed by atoms with Crippen molar-refractivity contribution in [2.45, 2.75) is 18.5 Å². The fourth-order valence-corrected chi connectivity index (χ4v) is 3.48. The van der Waals surface area contributed by atoms with Crippen molar-refractivity contribution in [1.29, 1.82) is 0 Å². The Labute approximate surface area is 181 Å². The zero-order valence-corrected chi connectivity index (χ0v) is 17.2. The van der Waals surface area contributed by atoms with Gasteiger partial charge in [-0.05, 0) is 17.8 Å². The van der Waals surface area contributed by atoms with Gasteiger partial charge in [0.1, 0.15) is 0 Å². The summed E-state index contributed by atoms with van der Waals surface area (Å²) < 4.78 is 0. The van der Waals surface area contributed by atoms with Crippen LogP contribution in [0.25, 0.3) is 10.9 Å². The van der Waals surface area contributed by atoms with Crippen LogP contribution >= 0.6 is 12.4 Å². The number of hydrogen-bond donors (Lipinski definition) is 3. The molecule has 2 aromatic rings. The van der Waals surface area contributed by atoms with E-state index >= 15 is 0 Å². The number of nitrogens with zero attached hydrogens (tertiary/aromatic N) is 2. The zero-order chi connectivity index (χ0) is 18.6. The monoisotopic (exact) mass is 431 g/mol. The zero-order valence-electron chi connectivity index (χ0n) is 15.7. The van der Waals surface area contributed by atoms with Crippen LogP contribution in [0.15, 0.2) is 77.7 Å². The first-order valence-electron chi connectivity index (χ1n) is 9.02. The van der Waals surface area contributed by atoms with Gasteiger partial charge < -0.3 is 23.5 Å². The third-order valence-electron chi connectivity index (χ3n) is 4.92. The van der Waals surface area contributed by atoms with Gasteiger partial charge in [0.05, 0.1) is 17.8 Å². The summed E-state index contributed by atoms with van der Waals surface area (Å²) in [5.74, 6) is 0.108. The Kier molecular flexibility index (Phi) is 7.96. The number of allylic oxidation sites excluding steroid dienone is 2. The molecule has 0 radical (unpaired) electrons. The molecule has 1 aliphatic heterocycles. The number of carbonyl (C=O) groups excluding carboxylic acids is 1. The highest BCUT2D eigenvalue weighted by atomic mass is 35.5. The lowest BCUT2D eigenvalue weighted by molar-refractivity contribution is -0.403. The number of benzene rings is 1. The highest BCUT2D eigenvalue weighted by molar-refractivity contribution is 5.97. The predicted octanol–water partition coefficient (Wildman–Crippen LogP) is -1.29. The van der Waals surface area contributed by atoms with Crippen molar-refractivity contribution >= 4 is 35.4 Å². The Morgan fingerprint density at radius 2 is 2.07 bits per heavy atom. The van der Waals surface area contributed by atoms with E-state index in [9.17, 15) is 4.79 Å². The first-order chi connectivity index (χ1) is 13.2. The topological polar surface area (TPSA) is 94.0 Å². The summed E-state index contributed by atoms with van der Waals surface area (Å²) >= 11 is 0. The van der Waals surface area contributed by atoms with Crippen LogP contribution < -0.4 is 28.9 Å². The molecular formula is C21H23Cl2N5O. The van der Waals surface area contributed by atoms with Gasteiger partial charge >= 0.3 is 0 Å². The molecule has 5 N–H and O–H groups in total. The molecule has 2 unspecified atom stereocenters. The van der Waals surface area contributed by atoms with Gasteiger partial charge in [-0.1, -0.05) is 48.6 Å². The summed E-state index contributed by atoms with van der Waals surface area (Å²) in [6.45, 7) is 0. The second-order valence-electron chi connectivity index (χ2n) is 6.76. The lowest BCUT2D eigenvalue weighted by Gasteiger charge is -2.19. The van der Waals surface area contributed by atoms with Gasteiger partial charge in [-0.25, -0.2) is 5.43 Å². The molecule has 4 rings (SSSR count). The molecule has 0 saturated carbocycles. The molecule has 0 bridgehead atoms. The molecule has 0 spiro atoms. The van der Waals surface area contributed by atoms with Crippen molar-refractivity contribution < 1.29 is 22.9 Å². The maximum absolute atomic E-state index is 12.4. The van der Waals surface area contributed by atoms with Crippen LogP contribution in [0.5, 0.6) is 0 Å². The third-order valence-corrected chi connectivity index (χ3v) is 4.92. The maximum atomic E-state index is 12.4. The van der Waals surface area contributed by atoms with Crippen molar-refractivity contribution in [2.75, 3.05) is 0 Å². The van der Waals surface area contributed by atoms with Crippen molar-refractivity contribution in [3.63, 3.8) is 0 Å². The van der Waals surface area contributed by atoms with Gasteiger partial charge in [0, 0.05) is 29.5 Å². The van der Waals surface area contributed by atoms with E-state index in [1.54, 1.807) is 12.4 Å². The highest BCUT2D eigenvalue weighted by Gasteiger charge is 2.30. The van der Waals surface area contributed by atoms with Crippen LogP contribution in [0.3, 0.4) is 0 Å². The Balaban J connectivity index is 0.00000150. The van der Waals surface area contributed by atoms with Gasteiger partial charge in [-0.15, -0.1) is 12.4 Å². The van der Waals surface area contributed by atoms with Crippen molar-refractivity contribution in [3.8, 4) is 0 Å². The molecule has 3 atom stereocenters. The molecular weight excluding hydrogens is 409 g/mol. The van der Waals surface area contributed by atoms with Gasteiger partial charge in [-0.3, -0.25) is 9.78 Å². The van der Waals surface area contributed by atoms with Gasteiger partial charge in [0.25, 0.3) is 5.91 Å². The molecule has 1 aromatic carbocycles. The van der Waals surface area contributed by atoms with Crippen LogP contribution in [0, 0.1) is 5.92 Å². The first-order valence-corrected chi connectivity index (χ1v) is 9.02.